The van der Waals surface area contributed by atoms with Gasteiger partial charge in [-0.1, -0.05) is 49.4 Å². The number of carbonyl (C=O) groups excluding carboxylic acids is 1. The zero-order valence-electron chi connectivity index (χ0n) is 11.9. The fraction of sp³-hybridized carbons (Fsp3) is 0.278. The lowest BCUT2D eigenvalue weighted by molar-refractivity contribution is 0.0993. The first-order valence-electron chi connectivity index (χ1n) is 6.78. The summed E-state index contributed by atoms with van der Waals surface area (Å²) < 4.78 is 0. The van der Waals surface area contributed by atoms with Crippen molar-refractivity contribution in [2.45, 2.75) is 33.6 Å². The number of hydrogen-bond acceptors (Lipinski definition) is 1. The fourth-order valence-electron chi connectivity index (χ4n) is 2.13. The molecule has 0 aliphatic heterocycles. The molecule has 2 aromatic carbocycles. The van der Waals surface area contributed by atoms with Crippen LogP contribution >= 0.6 is 0 Å². The van der Waals surface area contributed by atoms with Gasteiger partial charge < -0.3 is 0 Å². The molecule has 0 amide bonds. The minimum Gasteiger partial charge on any atom is -0.294 e. The number of ketones is 1. The molecule has 0 heterocycles. The minimum absolute atomic E-state index is 0.186. The van der Waals surface area contributed by atoms with E-state index >= 15 is 0 Å². The van der Waals surface area contributed by atoms with E-state index in [1.807, 2.05) is 30.3 Å². The SMILES string of the molecule is CCc1ccc(C(=O)Cc2ccc(C)c(C)c2)cc1. The summed E-state index contributed by atoms with van der Waals surface area (Å²) in [5, 5.41) is 0. The first-order valence-corrected chi connectivity index (χ1v) is 6.78. The highest BCUT2D eigenvalue weighted by Gasteiger charge is 2.07. The van der Waals surface area contributed by atoms with Crippen LogP contribution in [-0.2, 0) is 12.8 Å². The molecule has 0 N–H and O–H groups in total. The molecule has 98 valence electrons. The fourth-order valence-corrected chi connectivity index (χ4v) is 2.13. The largest absolute Gasteiger partial charge is 0.294 e. The zero-order chi connectivity index (χ0) is 13.8. The maximum absolute atomic E-state index is 12.2. The van der Waals surface area contributed by atoms with Crippen LogP contribution in [0.5, 0.6) is 0 Å². The molecule has 0 unspecified atom stereocenters. The monoisotopic (exact) mass is 252 g/mol. The first kappa shape index (κ1) is 13.5. The van der Waals surface area contributed by atoms with Crippen molar-refractivity contribution >= 4 is 5.78 Å². The van der Waals surface area contributed by atoms with Gasteiger partial charge in [-0.25, -0.2) is 0 Å². The van der Waals surface area contributed by atoms with Gasteiger partial charge in [-0.2, -0.15) is 0 Å². The molecule has 0 aliphatic rings. The molecule has 1 nitrogen and oxygen atoms in total. The Labute approximate surface area is 115 Å². The predicted molar refractivity (Wildman–Crippen MR) is 79.8 cm³/mol. The number of hydrogen-bond donors (Lipinski definition) is 0. The number of Topliss-reactive ketones (excluding diaryl/α,β-unsaturated/α-hetero) is 1. The molecule has 2 aromatic rings. The Kier molecular flexibility index (Phi) is 4.16. The van der Waals surface area contributed by atoms with E-state index in [-0.39, 0.29) is 5.78 Å². The molecule has 0 spiro atoms. The van der Waals surface area contributed by atoms with Crippen molar-refractivity contribution < 1.29 is 4.79 Å². The topological polar surface area (TPSA) is 17.1 Å². The Morgan fingerprint density at radius 3 is 2.11 bits per heavy atom. The second kappa shape index (κ2) is 5.83. The van der Waals surface area contributed by atoms with Crippen molar-refractivity contribution in [3.05, 3.63) is 70.3 Å². The third kappa shape index (κ3) is 3.31. The molecule has 1 heteroatoms. The van der Waals surface area contributed by atoms with Crippen LogP contribution in [0.1, 0.15) is 39.5 Å². The standard InChI is InChI=1S/C18H20O/c1-4-15-7-9-17(10-8-15)18(19)12-16-6-5-13(2)14(3)11-16/h5-11H,4,12H2,1-3H3. The van der Waals surface area contributed by atoms with Gasteiger partial charge in [0.2, 0.25) is 0 Å². The van der Waals surface area contributed by atoms with Gasteiger partial charge in [0, 0.05) is 12.0 Å². The number of carbonyl (C=O) groups is 1. The van der Waals surface area contributed by atoms with Crippen LogP contribution in [0.3, 0.4) is 0 Å². The molecule has 2 rings (SSSR count). The van der Waals surface area contributed by atoms with Gasteiger partial charge in [-0.15, -0.1) is 0 Å². The zero-order valence-corrected chi connectivity index (χ0v) is 11.9. The molecule has 0 atom stereocenters. The van der Waals surface area contributed by atoms with Gasteiger partial charge in [0.25, 0.3) is 0 Å². The van der Waals surface area contributed by atoms with Gasteiger partial charge in [0.15, 0.2) is 5.78 Å². The second-order valence-electron chi connectivity index (χ2n) is 5.07. The Balaban J connectivity index is 2.13. The van der Waals surface area contributed by atoms with Gasteiger partial charge in [0.05, 0.1) is 0 Å². The average molecular weight is 252 g/mol. The van der Waals surface area contributed by atoms with Crippen LogP contribution in [0.2, 0.25) is 0 Å². The number of benzene rings is 2. The minimum atomic E-state index is 0.186. The van der Waals surface area contributed by atoms with Crippen molar-refractivity contribution in [3.8, 4) is 0 Å². The van der Waals surface area contributed by atoms with Crippen LogP contribution in [0, 0.1) is 13.8 Å². The molecular formula is C18H20O. The molecule has 0 aromatic heterocycles. The van der Waals surface area contributed by atoms with E-state index in [0.29, 0.717) is 6.42 Å². The van der Waals surface area contributed by atoms with E-state index in [1.165, 1.54) is 16.7 Å². The first-order chi connectivity index (χ1) is 9.10. The van der Waals surface area contributed by atoms with Gasteiger partial charge in [0.1, 0.15) is 0 Å². The van der Waals surface area contributed by atoms with Crippen LogP contribution in [-0.4, -0.2) is 5.78 Å². The Hall–Kier alpha value is -1.89. The smallest absolute Gasteiger partial charge is 0.167 e. The predicted octanol–water partition coefficient (Wildman–Crippen LogP) is 4.29. The van der Waals surface area contributed by atoms with Crippen LogP contribution in [0.4, 0.5) is 0 Å². The van der Waals surface area contributed by atoms with E-state index in [9.17, 15) is 4.79 Å². The summed E-state index contributed by atoms with van der Waals surface area (Å²) in [6.45, 7) is 6.29. The van der Waals surface area contributed by atoms with Gasteiger partial charge in [-0.05, 0) is 42.5 Å². The highest BCUT2D eigenvalue weighted by atomic mass is 16.1. The molecular weight excluding hydrogens is 232 g/mol. The van der Waals surface area contributed by atoms with Crippen molar-refractivity contribution in [1.82, 2.24) is 0 Å². The van der Waals surface area contributed by atoms with Crippen molar-refractivity contribution in [3.63, 3.8) is 0 Å². The number of aryl methyl sites for hydroxylation is 3. The van der Waals surface area contributed by atoms with E-state index in [1.54, 1.807) is 0 Å². The highest BCUT2D eigenvalue weighted by molar-refractivity contribution is 5.97. The maximum atomic E-state index is 12.2. The lowest BCUT2D eigenvalue weighted by Gasteiger charge is -2.05. The van der Waals surface area contributed by atoms with E-state index in [2.05, 4.69) is 32.9 Å². The van der Waals surface area contributed by atoms with Crippen molar-refractivity contribution in [2.75, 3.05) is 0 Å². The molecule has 0 aliphatic carbocycles. The quantitative estimate of drug-likeness (QED) is 0.742. The Bertz CT molecular complexity index is 579. The van der Waals surface area contributed by atoms with Gasteiger partial charge in [-0.3, -0.25) is 4.79 Å². The Morgan fingerprint density at radius 1 is 0.895 bits per heavy atom. The number of rotatable bonds is 4. The van der Waals surface area contributed by atoms with E-state index in [0.717, 1.165) is 17.5 Å². The summed E-state index contributed by atoms with van der Waals surface area (Å²) in [7, 11) is 0. The summed E-state index contributed by atoms with van der Waals surface area (Å²) in [5.74, 6) is 0.186. The van der Waals surface area contributed by atoms with E-state index < -0.39 is 0 Å². The normalized spacial score (nSPS) is 10.5. The second-order valence-corrected chi connectivity index (χ2v) is 5.07. The summed E-state index contributed by atoms with van der Waals surface area (Å²) in [6, 6.07) is 14.2. The molecule has 0 radical (unpaired) electrons. The average Bonchev–Trinajstić information content (AvgIpc) is 2.43. The van der Waals surface area contributed by atoms with Crippen LogP contribution in [0.15, 0.2) is 42.5 Å². The molecule has 0 bridgehead atoms. The third-order valence-corrected chi connectivity index (χ3v) is 3.62. The van der Waals surface area contributed by atoms with Gasteiger partial charge >= 0.3 is 0 Å². The van der Waals surface area contributed by atoms with Crippen molar-refractivity contribution in [1.29, 1.82) is 0 Å². The molecule has 0 saturated carbocycles. The summed E-state index contributed by atoms with van der Waals surface area (Å²) in [6.07, 6.45) is 1.48. The maximum Gasteiger partial charge on any atom is 0.167 e. The van der Waals surface area contributed by atoms with E-state index in [4.69, 9.17) is 0 Å². The van der Waals surface area contributed by atoms with Crippen LogP contribution in [0.25, 0.3) is 0 Å². The highest BCUT2D eigenvalue weighted by Crippen LogP contribution is 2.13. The Morgan fingerprint density at radius 2 is 1.53 bits per heavy atom. The molecule has 0 fully saturated rings. The summed E-state index contributed by atoms with van der Waals surface area (Å²) in [5.41, 5.74) is 5.67. The third-order valence-electron chi connectivity index (χ3n) is 3.62. The molecule has 19 heavy (non-hydrogen) atoms. The lowest BCUT2D eigenvalue weighted by atomic mass is 9.99. The summed E-state index contributed by atoms with van der Waals surface area (Å²) in [4.78, 5) is 12.2. The molecule has 0 saturated heterocycles. The summed E-state index contributed by atoms with van der Waals surface area (Å²) >= 11 is 0. The lowest BCUT2D eigenvalue weighted by Crippen LogP contribution is -2.04. The van der Waals surface area contributed by atoms with Crippen LogP contribution < -0.4 is 0 Å². The van der Waals surface area contributed by atoms with Crippen molar-refractivity contribution in [2.24, 2.45) is 0 Å².